The van der Waals surface area contributed by atoms with Gasteiger partial charge in [-0.3, -0.25) is 9.80 Å². The van der Waals surface area contributed by atoms with Crippen molar-refractivity contribution in [2.45, 2.75) is 12.6 Å². The fourth-order valence-electron chi connectivity index (χ4n) is 3.18. The van der Waals surface area contributed by atoms with Crippen LogP contribution in [0.4, 0.5) is 0 Å². The number of rotatable bonds is 6. The van der Waals surface area contributed by atoms with Gasteiger partial charge in [0, 0.05) is 39.3 Å². The molecule has 1 unspecified atom stereocenters. The molecule has 0 spiro atoms. The van der Waals surface area contributed by atoms with Gasteiger partial charge in [0.25, 0.3) is 0 Å². The van der Waals surface area contributed by atoms with E-state index in [1.807, 2.05) is 42.5 Å². The lowest BCUT2D eigenvalue weighted by Crippen LogP contribution is -2.47. The van der Waals surface area contributed by atoms with Crippen molar-refractivity contribution in [2.75, 3.05) is 39.8 Å². The van der Waals surface area contributed by atoms with Crippen LogP contribution >= 0.6 is 0 Å². The van der Waals surface area contributed by atoms with Crippen molar-refractivity contribution >= 4 is 0 Å². The maximum Gasteiger partial charge on any atom is 0.119 e. The van der Waals surface area contributed by atoms with Gasteiger partial charge >= 0.3 is 0 Å². The number of aliphatic hydroxyl groups excluding tert-OH is 1. The van der Waals surface area contributed by atoms with Crippen LogP contribution in [-0.4, -0.2) is 54.7 Å². The Labute approximate surface area is 144 Å². The van der Waals surface area contributed by atoms with E-state index < -0.39 is 6.10 Å². The Balaban J connectivity index is 1.47. The zero-order valence-corrected chi connectivity index (χ0v) is 14.3. The van der Waals surface area contributed by atoms with E-state index in [1.54, 1.807) is 7.11 Å². The van der Waals surface area contributed by atoms with Crippen molar-refractivity contribution in [1.29, 1.82) is 0 Å². The molecule has 128 valence electrons. The maximum atomic E-state index is 10.4. The van der Waals surface area contributed by atoms with Gasteiger partial charge in [-0.2, -0.15) is 0 Å². The van der Waals surface area contributed by atoms with Gasteiger partial charge in [0.05, 0.1) is 13.2 Å². The second-order valence-corrected chi connectivity index (χ2v) is 6.35. The molecule has 0 amide bonds. The summed E-state index contributed by atoms with van der Waals surface area (Å²) in [5.41, 5.74) is 2.28. The molecule has 0 radical (unpaired) electrons. The van der Waals surface area contributed by atoms with Crippen molar-refractivity contribution in [3.63, 3.8) is 0 Å². The molecule has 0 aliphatic carbocycles. The van der Waals surface area contributed by atoms with Crippen LogP contribution in [0.2, 0.25) is 0 Å². The predicted octanol–water partition coefficient (Wildman–Crippen LogP) is 2.55. The van der Waals surface area contributed by atoms with E-state index in [-0.39, 0.29) is 0 Å². The van der Waals surface area contributed by atoms with Crippen LogP contribution in [0.3, 0.4) is 0 Å². The van der Waals surface area contributed by atoms with Crippen molar-refractivity contribution in [1.82, 2.24) is 9.80 Å². The average molecular weight is 326 g/mol. The summed E-state index contributed by atoms with van der Waals surface area (Å²) in [5.74, 6) is 0.914. The van der Waals surface area contributed by atoms with Crippen LogP contribution in [-0.2, 0) is 6.54 Å². The van der Waals surface area contributed by atoms with Gasteiger partial charge < -0.3 is 9.84 Å². The Morgan fingerprint density at radius 3 is 2.38 bits per heavy atom. The Morgan fingerprint density at radius 2 is 1.67 bits per heavy atom. The standard InChI is InChI=1S/C20H26N2O2/c1-24-19-9-5-6-17(14-19)15-21-10-12-22(13-11-21)16-20(23)18-7-3-2-4-8-18/h2-9,14,20,23H,10-13,15-16H2,1H3. The van der Waals surface area contributed by atoms with Crippen molar-refractivity contribution in [3.05, 3.63) is 65.7 Å². The minimum atomic E-state index is -0.406. The number of benzene rings is 2. The quantitative estimate of drug-likeness (QED) is 0.885. The van der Waals surface area contributed by atoms with Gasteiger partial charge in [0.1, 0.15) is 5.75 Å². The summed E-state index contributed by atoms with van der Waals surface area (Å²) in [4.78, 5) is 4.81. The Kier molecular flexibility index (Phi) is 5.86. The van der Waals surface area contributed by atoms with Gasteiger partial charge in [-0.05, 0) is 23.3 Å². The third-order valence-electron chi connectivity index (χ3n) is 4.62. The smallest absolute Gasteiger partial charge is 0.119 e. The van der Waals surface area contributed by atoms with E-state index in [4.69, 9.17) is 4.74 Å². The SMILES string of the molecule is COc1cccc(CN2CCN(CC(O)c3ccccc3)CC2)c1. The molecule has 1 fully saturated rings. The number of ether oxygens (including phenoxy) is 1. The third-order valence-corrected chi connectivity index (χ3v) is 4.62. The highest BCUT2D eigenvalue weighted by molar-refractivity contribution is 5.28. The highest BCUT2D eigenvalue weighted by Crippen LogP contribution is 2.17. The summed E-state index contributed by atoms with van der Waals surface area (Å²) >= 11 is 0. The first kappa shape index (κ1) is 17.0. The van der Waals surface area contributed by atoms with Crippen molar-refractivity contribution in [2.24, 2.45) is 0 Å². The van der Waals surface area contributed by atoms with Gasteiger partial charge in [-0.1, -0.05) is 42.5 Å². The topological polar surface area (TPSA) is 35.9 Å². The first-order valence-electron chi connectivity index (χ1n) is 8.55. The number of nitrogens with zero attached hydrogens (tertiary/aromatic N) is 2. The van der Waals surface area contributed by atoms with E-state index >= 15 is 0 Å². The van der Waals surface area contributed by atoms with E-state index in [0.29, 0.717) is 6.54 Å². The zero-order valence-electron chi connectivity index (χ0n) is 14.3. The fourth-order valence-corrected chi connectivity index (χ4v) is 3.18. The number of hydrogen-bond donors (Lipinski definition) is 1. The summed E-state index contributed by atoms with van der Waals surface area (Å²) in [6.45, 7) is 5.70. The maximum absolute atomic E-state index is 10.4. The summed E-state index contributed by atoms with van der Waals surface area (Å²) < 4.78 is 5.29. The molecule has 1 N–H and O–H groups in total. The second-order valence-electron chi connectivity index (χ2n) is 6.35. The van der Waals surface area contributed by atoms with Gasteiger partial charge in [-0.15, -0.1) is 0 Å². The summed E-state index contributed by atoms with van der Waals surface area (Å²) in [6.07, 6.45) is -0.406. The Hall–Kier alpha value is -1.88. The summed E-state index contributed by atoms with van der Waals surface area (Å²) in [5, 5.41) is 10.4. The number of aliphatic hydroxyl groups is 1. The lowest BCUT2D eigenvalue weighted by Gasteiger charge is -2.35. The van der Waals surface area contributed by atoms with Crippen molar-refractivity contribution in [3.8, 4) is 5.75 Å². The largest absolute Gasteiger partial charge is 0.497 e. The van der Waals surface area contributed by atoms with Crippen LogP contribution in [0.1, 0.15) is 17.2 Å². The van der Waals surface area contributed by atoms with E-state index in [2.05, 4.69) is 21.9 Å². The molecular weight excluding hydrogens is 300 g/mol. The molecule has 1 heterocycles. The molecule has 2 aromatic rings. The lowest BCUT2D eigenvalue weighted by molar-refractivity contribution is 0.0701. The predicted molar refractivity (Wildman–Crippen MR) is 96.1 cm³/mol. The van der Waals surface area contributed by atoms with E-state index in [9.17, 15) is 5.11 Å². The van der Waals surface area contributed by atoms with Gasteiger partial charge in [0.15, 0.2) is 0 Å². The van der Waals surface area contributed by atoms with Crippen LogP contribution in [0.5, 0.6) is 5.75 Å². The lowest BCUT2D eigenvalue weighted by atomic mass is 10.1. The molecule has 1 aliphatic heterocycles. The monoisotopic (exact) mass is 326 g/mol. The zero-order chi connectivity index (χ0) is 16.8. The molecular formula is C20H26N2O2. The van der Waals surface area contributed by atoms with Gasteiger partial charge in [0.2, 0.25) is 0 Å². The van der Waals surface area contributed by atoms with E-state index in [1.165, 1.54) is 5.56 Å². The molecule has 3 rings (SSSR count). The highest BCUT2D eigenvalue weighted by atomic mass is 16.5. The molecule has 2 aromatic carbocycles. The molecule has 1 atom stereocenters. The van der Waals surface area contributed by atoms with Crippen LogP contribution in [0.15, 0.2) is 54.6 Å². The normalized spacial score (nSPS) is 17.6. The molecule has 0 bridgehead atoms. The molecule has 1 aliphatic rings. The second kappa shape index (κ2) is 8.29. The summed E-state index contributed by atoms with van der Waals surface area (Å²) in [7, 11) is 1.70. The fraction of sp³-hybridized carbons (Fsp3) is 0.400. The van der Waals surface area contributed by atoms with Crippen LogP contribution in [0.25, 0.3) is 0 Å². The van der Waals surface area contributed by atoms with Crippen molar-refractivity contribution < 1.29 is 9.84 Å². The Bertz CT molecular complexity index is 625. The average Bonchev–Trinajstić information content (AvgIpc) is 2.64. The summed E-state index contributed by atoms with van der Waals surface area (Å²) in [6, 6.07) is 18.2. The number of piperazine rings is 1. The van der Waals surface area contributed by atoms with Crippen LogP contribution in [0, 0.1) is 0 Å². The first-order valence-corrected chi connectivity index (χ1v) is 8.55. The molecule has 4 nitrogen and oxygen atoms in total. The molecule has 1 saturated heterocycles. The minimum Gasteiger partial charge on any atom is -0.497 e. The van der Waals surface area contributed by atoms with Gasteiger partial charge in [-0.25, -0.2) is 0 Å². The van der Waals surface area contributed by atoms with Crippen LogP contribution < -0.4 is 4.74 Å². The minimum absolute atomic E-state index is 0.406. The number of hydrogen-bond acceptors (Lipinski definition) is 4. The molecule has 0 aromatic heterocycles. The molecule has 24 heavy (non-hydrogen) atoms. The highest BCUT2D eigenvalue weighted by Gasteiger charge is 2.20. The number of β-amino-alcohol motifs (C(OH)–C–C–N with tert-alkyl or cyclic N) is 1. The first-order chi connectivity index (χ1) is 11.7. The third kappa shape index (κ3) is 4.57. The number of methoxy groups -OCH3 is 1. The Morgan fingerprint density at radius 1 is 0.958 bits per heavy atom. The molecule has 0 saturated carbocycles. The molecule has 4 heteroatoms. The van der Waals surface area contributed by atoms with E-state index in [0.717, 1.165) is 44.0 Å².